The largest absolute Gasteiger partial charge is 0.379 e. The Hall–Kier alpha value is -1.11. The Bertz CT molecular complexity index is 484. The van der Waals surface area contributed by atoms with Crippen LogP contribution in [0.5, 0.6) is 0 Å². The zero-order valence-electron chi connectivity index (χ0n) is 16.0. The molecule has 1 unspecified atom stereocenters. The van der Waals surface area contributed by atoms with Crippen LogP contribution in [0.1, 0.15) is 44.5 Å². The first-order valence-electron chi connectivity index (χ1n) is 9.58. The van der Waals surface area contributed by atoms with Crippen molar-refractivity contribution in [1.29, 1.82) is 0 Å². The third kappa shape index (κ3) is 7.34. The SMILES string of the molecule is CCNC(=NCC(c1cccs1)N1CCCC1)NCCOCC(C)C. The molecule has 0 aliphatic carbocycles. The normalized spacial score (nSPS) is 17.2. The van der Waals surface area contributed by atoms with Crippen LogP contribution in [0.4, 0.5) is 0 Å². The number of guanidine groups is 1. The highest BCUT2D eigenvalue weighted by Gasteiger charge is 2.24. The van der Waals surface area contributed by atoms with E-state index in [1.54, 1.807) is 0 Å². The van der Waals surface area contributed by atoms with Crippen molar-refractivity contribution in [3.8, 4) is 0 Å². The molecule has 1 aliphatic heterocycles. The van der Waals surface area contributed by atoms with Crippen LogP contribution in [0.15, 0.2) is 22.5 Å². The van der Waals surface area contributed by atoms with Crippen LogP contribution < -0.4 is 10.6 Å². The highest BCUT2D eigenvalue weighted by molar-refractivity contribution is 7.10. The molecule has 2 N–H and O–H groups in total. The first-order chi connectivity index (χ1) is 12.2. The number of hydrogen-bond acceptors (Lipinski definition) is 4. The van der Waals surface area contributed by atoms with Gasteiger partial charge in [-0.05, 0) is 50.2 Å². The van der Waals surface area contributed by atoms with E-state index in [-0.39, 0.29) is 0 Å². The summed E-state index contributed by atoms with van der Waals surface area (Å²) in [6.07, 6.45) is 2.61. The first kappa shape index (κ1) is 20.2. The van der Waals surface area contributed by atoms with E-state index in [1.807, 2.05) is 11.3 Å². The number of likely N-dealkylation sites (tertiary alicyclic amines) is 1. The fourth-order valence-corrected chi connectivity index (χ4v) is 3.85. The Kier molecular flexibility index (Phi) is 9.29. The summed E-state index contributed by atoms with van der Waals surface area (Å²) in [5, 5.41) is 8.89. The van der Waals surface area contributed by atoms with E-state index >= 15 is 0 Å². The van der Waals surface area contributed by atoms with Gasteiger partial charge in [-0.3, -0.25) is 9.89 Å². The van der Waals surface area contributed by atoms with Crippen molar-refractivity contribution in [3.63, 3.8) is 0 Å². The van der Waals surface area contributed by atoms with E-state index < -0.39 is 0 Å². The lowest BCUT2D eigenvalue weighted by molar-refractivity contribution is 0.114. The van der Waals surface area contributed by atoms with Crippen LogP contribution in [0.25, 0.3) is 0 Å². The van der Waals surface area contributed by atoms with Gasteiger partial charge in [0.1, 0.15) is 0 Å². The highest BCUT2D eigenvalue weighted by Crippen LogP contribution is 2.28. The third-order valence-electron chi connectivity index (χ3n) is 4.21. The molecule has 1 aromatic heterocycles. The van der Waals surface area contributed by atoms with Crippen LogP contribution >= 0.6 is 11.3 Å². The third-order valence-corrected chi connectivity index (χ3v) is 5.18. The Morgan fingerprint density at radius 3 is 2.76 bits per heavy atom. The van der Waals surface area contributed by atoms with Gasteiger partial charge in [-0.2, -0.15) is 0 Å². The van der Waals surface area contributed by atoms with E-state index in [0.29, 0.717) is 18.6 Å². The summed E-state index contributed by atoms with van der Waals surface area (Å²) in [4.78, 5) is 8.84. The topological polar surface area (TPSA) is 48.9 Å². The van der Waals surface area contributed by atoms with Gasteiger partial charge in [0, 0.05) is 24.6 Å². The number of thiophene rings is 1. The molecular weight excluding hydrogens is 332 g/mol. The molecule has 0 spiro atoms. The standard InChI is InChI=1S/C19H34N4OS/c1-4-20-19(21-9-12-24-15-16(2)3)22-14-17(18-8-7-13-25-18)23-10-5-6-11-23/h7-8,13,16-17H,4-6,9-12,14-15H2,1-3H3,(H2,20,21,22). The minimum absolute atomic E-state index is 0.398. The van der Waals surface area contributed by atoms with Crippen LogP contribution in [-0.4, -0.2) is 56.8 Å². The lowest BCUT2D eigenvalue weighted by Gasteiger charge is -2.25. The van der Waals surface area contributed by atoms with Crippen molar-refractivity contribution in [2.45, 2.75) is 39.7 Å². The Morgan fingerprint density at radius 2 is 2.12 bits per heavy atom. The van der Waals surface area contributed by atoms with Gasteiger partial charge in [0.05, 0.1) is 19.2 Å². The summed E-state index contributed by atoms with van der Waals surface area (Å²) in [5.74, 6) is 1.46. The zero-order chi connectivity index (χ0) is 17.9. The van der Waals surface area contributed by atoms with Crippen molar-refractivity contribution in [1.82, 2.24) is 15.5 Å². The van der Waals surface area contributed by atoms with Crippen molar-refractivity contribution in [2.24, 2.45) is 10.9 Å². The van der Waals surface area contributed by atoms with Gasteiger partial charge in [-0.25, -0.2) is 0 Å². The average molecular weight is 367 g/mol. The van der Waals surface area contributed by atoms with Gasteiger partial charge in [-0.15, -0.1) is 11.3 Å². The van der Waals surface area contributed by atoms with Gasteiger partial charge in [0.15, 0.2) is 5.96 Å². The monoisotopic (exact) mass is 366 g/mol. The van der Waals surface area contributed by atoms with Crippen LogP contribution in [0.3, 0.4) is 0 Å². The number of nitrogens with one attached hydrogen (secondary N) is 2. The molecule has 0 saturated carbocycles. The summed E-state index contributed by atoms with van der Waals surface area (Å²) in [7, 11) is 0. The molecule has 1 saturated heterocycles. The minimum atomic E-state index is 0.398. The summed E-state index contributed by atoms with van der Waals surface area (Å²) >= 11 is 1.84. The van der Waals surface area contributed by atoms with Crippen LogP contribution in [-0.2, 0) is 4.74 Å². The second-order valence-electron chi connectivity index (χ2n) is 6.89. The fraction of sp³-hybridized carbons (Fsp3) is 0.737. The van der Waals surface area contributed by atoms with Gasteiger partial charge >= 0.3 is 0 Å². The van der Waals surface area contributed by atoms with Gasteiger partial charge < -0.3 is 15.4 Å². The van der Waals surface area contributed by atoms with E-state index in [4.69, 9.17) is 9.73 Å². The molecule has 0 radical (unpaired) electrons. The molecular formula is C19H34N4OS. The predicted molar refractivity (Wildman–Crippen MR) is 108 cm³/mol. The Balaban J connectivity index is 1.87. The number of rotatable bonds is 10. The molecule has 6 heteroatoms. The number of hydrogen-bond donors (Lipinski definition) is 2. The van der Waals surface area contributed by atoms with Gasteiger partial charge in [-0.1, -0.05) is 19.9 Å². The van der Waals surface area contributed by atoms with E-state index in [1.165, 1.54) is 30.8 Å². The number of nitrogens with zero attached hydrogens (tertiary/aromatic N) is 2. The Morgan fingerprint density at radius 1 is 1.32 bits per heavy atom. The molecule has 1 aromatic rings. The summed E-state index contributed by atoms with van der Waals surface area (Å²) in [5.41, 5.74) is 0. The molecule has 0 aromatic carbocycles. The van der Waals surface area contributed by atoms with E-state index in [2.05, 4.69) is 53.8 Å². The maximum Gasteiger partial charge on any atom is 0.191 e. The Labute approximate surface area is 156 Å². The van der Waals surface area contributed by atoms with Crippen molar-refractivity contribution in [3.05, 3.63) is 22.4 Å². The molecule has 2 rings (SSSR count). The van der Waals surface area contributed by atoms with Crippen molar-refractivity contribution in [2.75, 3.05) is 45.9 Å². The average Bonchev–Trinajstić information content (AvgIpc) is 3.28. The smallest absolute Gasteiger partial charge is 0.191 e. The highest BCUT2D eigenvalue weighted by atomic mass is 32.1. The summed E-state index contributed by atoms with van der Waals surface area (Å²) in [6, 6.07) is 4.78. The van der Waals surface area contributed by atoms with Crippen LogP contribution in [0, 0.1) is 5.92 Å². The van der Waals surface area contributed by atoms with Crippen molar-refractivity contribution >= 4 is 17.3 Å². The predicted octanol–water partition coefficient (Wildman–Crippen LogP) is 3.11. The maximum atomic E-state index is 5.64. The molecule has 1 atom stereocenters. The number of ether oxygens (including phenoxy) is 1. The number of aliphatic imine (C=N–C) groups is 1. The second kappa shape index (κ2) is 11.5. The molecule has 0 bridgehead atoms. The lowest BCUT2D eigenvalue weighted by atomic mass is 10.2. The quantitative estimate of drug-likeness (QED) is 0.379. The minimum Gasteiger partial charge on any atom is -0.379 e. The first-order valence-corrected chi connectivity index (χ1v) is 10.5. The zero-order valence-corrected chi connectivity index (χ0v) is 16.8. The summed E-state index contributed by atoms with van der Waals surface area (Å²) < 4.78 is 5.64. The molecule has 1 aliphatic rings. The van der Waals surface area contributed by atoms with Crippen molar-refractivity contribution < 1.29 is 4.74 Å². The molecule has 1 fully saturated rings. The molecule has 25 heavy (non-hydrogen) atoms. The van der Waals surface area contributed by atoms with Gasteiger partial charge in [0.2, 0.25) is 0 Å². The molecule has 142 valence electrons. The molecule has 0 amide bonds. The molecule has 2 heterocycles. The molecule has 5 nitrogen and oxygen atoms in total. The maximum absolute atomic E-state index is 5.64. The van der Waals surface area contributed by atoms with E-state index in [0.717, 1.165) is 32.2 Å². The second-order valence-corrected chi connectivity index (χ2v) is 7.87. The van der Waals surface area contributed by atoms with Gasteiger partial charge in [0.25, 0.3) is 0 Å². The summed E-state index contributed by atoms with van der Waals surface area (Å²) in [6.45, 7) is 12.8. The van der Waals surface area contributed by atoms with Crippen LogP contribution in [0.2, 0.25) is 0 Å². The lowest BCUT2D eigenvalue weighted by Crippen LogP contribution is -2.40. The van der Waals surface area contributed by atoms with E-state index in [9.17, 15) is 0 Å². The fourth-order valence-electron chi connectivity index (χ4n) is 3.00.